The molecule has 0 spiro atoms. The van der Waals surface area contributed by atoms with E-state index in [1.807, 2.05) is 24.3 Å². The average molecular weight is 305 g/mol. The Morgan fingerprint density at radius 3 is 2.90 bits per heavy atom. The monoisotopic (exact) mass is 305 g/mol. The molecule has 1 aromatic carbocycles. The van der Waals surface area contributed by atoms with Crippen LogP contribution in [0.4, 0.5) is 0 Å². The minimum absolute atomic E-state index is 0.0624. The molecule has 0 fully saturated rings. The molecule has 2 heterocycles. The summed E-state index contributed by atoms with van der Waals surface area (Å²) in [5, 5.41) is 5.50. The Morgan fingerprint density at radius 2 is 2.19 bits per heavy atom. The third-order valence-corrected chi connectivity index (χ3v) is 4.85. The van der Waals surface area contributed by atoms with Crippen molar-refractivity contribution in [2.45, 2.75) is 6.42 Å². The number of para-hydroxylation sites is 2. The largest absolute Gasteiger partial charge is 0.494 e. The van der Waals surface area contributed by atoms with Crippen LogP contribution in [0.1, 0.15) is 5.82 Å². The van der Waals surface area contributed by atoms with Crippen molar-refractivity contribution in [2.75, 3.05) is 12.9 Å². The van der Waals surface area contributed by atoms with Gasteiger partial charge in [0.1, 0.15) is 23.6 Å². The summed E-state index contributed by atoms with van der Waals surface area (Å²) in [6, 6.07) is 7.51. The van der Waals surface area contributed by atoms with Gasteiger partial charge in [0.25, 0.3) is 0 Å². The number of aromatic nitrogens is 3. The molecule has 1 aliphatic heterocycles. The highest BCUT2D eigenvalue weighted by Crippen LogP contribution is 2.24. The van der Waals surface area contributed by atoms with E-state index in [-0.39, 0.29) is 11.7 Å². The smallest absolute Gasteiger partial charge is 0.171 e. The van der Waals surface area contributed by atoms with Crippen LogP contribution in [0.3, 0.4) is 0 Å². The van der Waals surface area contributed by atoms with Crippen LogP contribution in [0.2, 0.25) is 0 Å². The molecule has 7 heteroatoms. The van der Waals surface area contributed by atoms with Crippen molar-refractivity contribution in [3.05, 3.63) is 47.9 Å². The standard InChI is InChI=1S/C14H15N3O3S/c1-20-13-5-3-2-4-12(13)17-14(15-10-16-17)8-11-6-7-21(18,19)9-11/h2-7,10-11H,8-9H2,1H3/t11-/m1/s1. The Hall–Kier alpha value is -2.15. The van der Waals surface area contributed by atoms with Crippen molar-refractivity contribution in [3.63, 3.8) is 0 Å². The lowest BCUT2D eigenvalue weighted by molar-refractivity contribution is 0.411. The Kier molecular flexibility index (Phi) is 3.50. The Balaban J connectivity index is 1.90. The van der Waals surface area contributed by atoms with Crippen molar-refractivity contribution >= 4 is 9.84 Å². The molecular formula is C14H15N3O3S. The number of hydrogen-bond acceptors (Lipinski definition) is 5. The van der Waals surface area contributed by atoms with Gasteiger partial charge in [0.05, 0.1) is 12.9 Å². The fraction of sp³-hybridized carbons (Fsp3) is 0.286. The number of allylic oxidation sites excluding steroid dienone is 1. The van der Waals surface area contributed by atoms with Crippen LogP contribution in [-0.4, -0.2) is 36.0 Å². The summed E-state index contributed by atoms with van der Waals surface area (Å²) in [5.74, 6) is 1.48. The Bertz CT molecular complexity index is 780. The van der Waals surface area contributed by atoms with Crippen LogP contribution in [-0.2, 0) is 16.3 Å². The van der Waals surface area contributed by atoms with E-state index in [0.29, 0.717) is 18.0 Å². The maximum Gasteiger partial charge on any atom is 0.171 e. The van der Waals surface area contributed by atoms with E-state index in [1.165, 1.54) is 11.7 Å². The average Bonchev–Trinajstić information content (AvgIpc) is 3.05. The predicted molar refractivity (Wildman–Crippen MR) is 78.0 cm³/mol. The molecule has 0 N–H and O–H groups in total. The molecule has 1 aliphatic rings. The molecule has 0 unspecified atom stereocenters. The summed E-state index contributed by atoms with van der Waals surface area (Å²) in [5.41, 5.74) is 0.789. The first-order chi connectivity index (χ1) is 10.1. The van der Waals surface area contributed by atoms with Gasteiger partial charge < -0.3 is 4.74 Å². The lowest BCUT2D eigenvalue weighted by atomic mass is 10.1. The Labute approximate surface area is 123 Å². The molecule has 21 heavy (non-hydrogen) atoms. The van der Waals surface area contributed by atoms with E-state index < -0.39 is 9.84 Å². The van der Waals surface area contributed by atoms with Gasteiger partial charge in [0.2, 0.25) is 0 Å². The van der Waals surface area contributed by atoms with Crippen molar-refractivity contribution in [3.8, 4) is 11.4 Å². The molecule has 2 aromatic rings. The minimum Gasteiger partial charge on any atom is -0.494 e. The maximum absolute atomic E-state index is 11.5. The van der Waals surface area contributed by atoms with Gasteiger partial charge in [0.15, 0.2) is 9.84 Å². The predicted octanol–water partition coefficient (Wildman–Crippen LogP) is 1.38. The number of sulfone groups is 1. The zero-order valence-corrected chi connectivity index (χ0v) is 12.3. The first-order valence-corrected chi connectivity index (χ1v) is 8.24. The summed E-state index contributed by atoms with van der Waals surface area (Å²) in [6.45, 7) is 0. The van der Waals surface area contributed by atoms with Crippen molar-refractivity contribution in [2.24, 2.45) is 5.92 Å². The third kappa shape index (κ3) is 2.82. The number of methoxy groups -OCH3 is 1. The number of nitrogens with zero attached hydrogens (tertiary/aromatic N) is 3. The zero-order valence-electron chi connectivity index (χ0n) is 11.5. The fourth-order valence-electron chi connectivity index (χ4n) is 2.41. The van der Waals surface area contributed by atoms with Gasteiger partial charge >= 0.3 is 0 Å². The first kappa shape index (κ1) is 13.8. The van der Waals surface area contributed by atoms with Crippen LogP contribution < -0.4 is 4.74 Å². The second-order valence-electron chi connectivity index (χ2n) is 4.88. The van der Waals surface area contributed by atoms with Crippen molar-refractivity contribution in [1.29, 1.82) is 0 Å². The molecule has 0 amide bonds. The van der Waals surface area contributed by atoms with E-state index >= 15 is 0 Å². The molecule has 1 atom stereocenters. The molecule has 0 saturated heterocycles. The molecule has 110 valence electrons. The van der Waals surface area contributed by atoms with Gasteiger partial charge in [-0.3, -0.25) is 0 Å². The Morgan fingerprint density at radius 1 is 1.38 bits per heavy atom. The van der Waals surface area contributed by atoms with Gasteiger partial charge in [-0.05, 0) is 18.1 Å². The molecule has 1 aromatic heterocycles. The summed E-state index contributed by atoms with van der Waals surface area (Å²) in [6.07, 6.45) is 3.71. The summed E-state index contributed by atoms with van der Waals surface area (Å²) < 4.78 is 30.0. The normalized spacial score (nSPS) is 19.8. The van der Waals surface area contributed by atoms with Gasteiger partial charge in [-0.2, -0.15) is 5.10 Å². The van der Waals surface area contributed by atoms with Gasteiger partial charge in [-0.15, -0.1) is 0 Å². The second kappa shape index (κ2) is 5.33. The highest BCUT2D eigenvalue weighted by Gasteiger charge is 2.24. The topological polar surface area (TPSA) is 74.1 Å². The lowest BCUT2D eigenvalue weighted by Crippen LogP contribution is -2.13. The van der Waals surface area contributed by atoms with Gasteiger partial charge in [-0.1, -0.05) is 18.2 Å². The molecule has 0 radical (unpaired) electrons. The summed E-state index contributed by atoms with van der Waals surface area (Å²) in [7, 11) is -1.45. The van der Waals surface area contributed by atoms with Crippen molar-refractivity contribution < 1.29 is 13.2 Å². The molecule has 0 aliphatic carbocycles. The zero-order chi connectivity index (χ0) is 14.9. The molecule has 3 rings (SSSR count). The van der Waals surface area contributed by atoms with Crippen LogP contribution in [0.5, 0.6) is 5.75 Å². The number of hydrogen-bond donors (Lipinski definition) is 0. The second-order valence-corrected chi connectivity index (χ2v) is 6.81. The number of benzene rings is 1. The van der Waals surface area contributed by atoms with E-state index in [2.05, 4.69) is 10.1 Å². The number of rotatable bonds is 4. The summed E-state index contributed by atoms with van der Waals surface area (Å²) in [4.78, 5) is 4.25. The van der Waals surface area contributed by atoms with Gasteiger partial charge in [-0.25, -0.2) is 18.1 Å². The quantitative estimate of drug-likeness (QED) is 0.853. The molecule has 0 bridgehead atoms. The minimum atomic E-state index is -3.05. The first-order valence-electron chi connectivity index (χ1n) is 6.52. The molecular weight excluding hydrogens is 290 g/mol. The van der Waals surface area contributed by atoms with Gasteiger partial charge in [0, 0.05) is 11.8 Å². The number of ether oxygens (including phenoxy) is 1. The summed E-state index contributed by atoms with van der Waals surface area (Å²) >= 11 is 0. The van der Waals surface area contributed by atoms with E-state index in [9.17, 15) is 8.42 Å². The van der Waals surface area contributed by atoms with E-state index in [1.54, 1.807) is 17.9 Å². The third-order valence-electron chi connectivity index (χ3n) is 3.38. The van der Waals surface area contributed by atoms with Crippen LogP contribution in [0.25, 0.3) is 5.69 Å². The SMILES string of the molecule is COc1ccccc1-n1ncnc1C[C@H]1C=CS(=O)(=O)C1. The fourth-order valence-corrected chi connectivity index (χ4v) is 3.81. The lowest BCUT2D eigenvalue weighted by Gasteiger charge is -2.11. The maximum atomic E-state index is 11.5. The van der Waals surface area contributed by atoms with Crippen LogP contribution in [0, 0.1) is 5.92 Å². The van der Waals surface area contributed by atoms with E-state index in [4.69, 9.17) is 4.74 Å². The van der Waals surface area contributed by atoms with Crippen molar-refractivity contribution in [1.82, 2.24) is 14.8 Å². The highest BCUT2D eigenvalue weighted by atomic mass is 32.2. The molecule has 0 saturated carbocycles. The van der Waals surface area contributed by atoms with E-state index in [0.717, 1.165) is 5.69 Å². The van der Waals surface area contributed by atoms with Crippen LogP contribution >= 0.6 is 0 Å². The van der Waals surface area contributed by atoms with Crippen LogP contribution in [0.15, 0.2) is 42.1 Å². The highest BCUT2D eigenvalue weighted by molar-refractivity contribution is 7.94. The molecule has 6 nitrogen and oxygen atoms in total.